The molecule has 0 saturated heterocycles. The number of benzene rings is 1. The van der Waals surface area contributed by atoms with Crippen molar-refractivity contribution in [2.75, 3.05) is 0 Å². The van der Waals surface area contributed by atoms with E-state index in [0.29, 0.717) is 21.5 Å². The number of ketones is 1. The van der Waals surface area contributed by atoms with Crippen LogP contribution in [0.1, 0.15) is 27.6 Å². The lowest BCUT2D eigenvalue weighted by atomic mass is 10.0. The fourth-order valence-corrected chi connectivity index (χ4v) is 2.60. The number of carbonyl (C=O) groups excluding carboxylic acids is 2. The van der Waals surface area contributed by atoms with Crippen LogP contribution in [0.4, 0.5) is 0 Å². The van der Waals surface area contributed by atoms with E-state index in [1.54, 1.807) is 30.5 Å². The van der Waals surface area contributed by atoms with Crippen LogP contribution in [-0.4, -0.2) is 26.3 Å². The van der Waals surface area contributed by atoms with Crippen molar-refractivity contribution >= 4 is 34.2 Å². The zero-order valence-electron chi connectivity index (χ0n) is 11.6. The zero-order valence-corrected chi connectivity index (χ0v) is 12.3. The molecule has 110 valence electrons. The van der Waals surface area contributed by atoms with Gasteiger partial charge in [-0.3, -0.25) is 14.6 Å². The summed E-state index contributed by atoms with van der Waals surface area (Å²) in [6.45, 7) is 1.30. The molecule has 0 radical (unpaired) electrons. The number of fused-ring (bicyclic) bond motifs is 1. The van der Waals surface area contributed by atoms with Crippen LogP contribution in [0.2, 0.25) is 5.02 Å². The quantitative estimate of drug-likeness (QED) is 0.737. The van der Waals surface area contributed by atoms with Gasteiger partial charge in [0, 0.05) is 35.3 Å². The fraction of sp³-hybridized carbons (Fsp3) is 0.0625. The van der Waals surface area contributed by atoms with Gasteiger partial charge in [-0.05, 0) is 24.3 Å². The fourth-order valence-electron chi connectivity index (χ4n) is 2.43. The molecule has 0 saturated carbocycles. The number of rotatable bonds is 2. The van der Waals surface area contributed by atoms with Gasteiger partial charge in [0.25, 0.3) is 0 Å². The summed E-state index contributed by atoms with van der Waals surface area (Å²) in [5, 5.41) is 11.2. The Morgan fingerprint density at radius 1 is 1.27 bits per heavy atom. The number of hydrogen-bond acceptors (Lipinski definition) is 4. The summed E-state index contributed by atoms with van der Waals surface area (Å²) in [6, 6.07) is 7.99. The Kier molecular flexibility index (Phi) is 3.42. The van der Waals surface area contributed by atoms with Crippen molar-refractivity contribution < 1.29 is 14.7 Å². The molecule has 3 rings (SSSR count). The van der Waals surface area contributed by atoms with E-state index < -0.39 is 17.6 Å². The lowest BCUT2D eigenvalue weighted by Crippen LogP contribution is -2.06. The third kappa shape index (κ3) is 2.16. The Balaban J connectivity index is 2.33. The van der Waals surface area contributed by atoms with Crippen molar-refractivity contribution in [3.05, 3.63) is 58.9 Å². The minimum atomic E-state index is -0.407. The van der Waals surface area contributed by atoms with Crippen molar-refractivity contribution in [3.63, 3.8) is 0 Å². The van der Waals surface area contributed by atoms with Gasteiger partial charge < -0.3 is 5.11 Å². The minimum absolute atomic E-state index is 0.0647. The number of hydrogen-bond donors (Lipinski definition) is 1. The van der Waals surface area contributed by atoms with Crippen molar-refractivity contribution in [2.45, 2.75) is 6.92 Å². The number of pyridine rings is 1. The Labute approximate surface area is 130 Å². The molecule has 0 unspecified atom stereocenters. The Morgan fingerprint density at radius 3 is 2.68 bits per heavy atom. The molecule has 5 nitrogen and oxygen atoms in total. The first-order valence-corrected chi connectivity index (χ1v) is 6.87. The largest absolute Gasteiger partial charge is 0.494 e. The number of aromatic hydroxyl groups is 1. The van der Waals surface area contributed by atoms with Crippen LogP contribution in [0, 0.1) is 0 Å². The molecule has 1 aromatic carbocycles. The molecule has 1 N–H and O–H groups in total. The summed E-state index contributed by atoms with van der Waals surface area (Å²) in [5.41, 5.74) is 0.787. The van der Waals surface area contributed by atoms with Gasteiger partial charge in [-0.15, -0.1) is 0 Å². The second-order valence-electron chi connectivity index (χ2n) is 4.79. The van der Waals surface area contributed by atoms with Crippen LogP contribution in [0.5, 0.6) is 5.88 Å². The second-order valence-corrected chi connectivity index (χ2v) is 5.22. The van der Waals surface area contributed by atoms with Crippen LogP contribution in [0.25, 0.3) is 10.9 Å². The Hall–Kier alpha value is -2.66. The molecule has 0 aliphatic heterocycles. The van der Waals surface area contributed by atoms with Gasteiger partial charge >= 0.3 is 0 Å². The molecule has 2 heterocycles. The highest BCUT2D eigenvalue weighted by Gasteiger charge is 2.25. The molecule has 0 aliphatic rings. The lowest BCUT2D eigenvalue weighted by molar-refractivity contribution is 0.0933. The van der Waals surface area contributed by atoms with E-state index in [9.17, 15) is 14.7 Å². The lowest BCUT2D eigenvalue weighted by Gasteiger charge is -2.02. The summed E-state index contributed by atoms with van der Waals surface area (Å²) in [7, 11) is 0. The second kappa shape index (κ2) is 5.27. The van der Waals surface area contributed by atoms with Crippen molar-refractivity contribution in [2.24, 2.45) is 0 Å². The predicted octanol–water partition coefficient (Wildman–Crippen LogP) is 3.29. The maximum atomic E-state index is 12.6. The van der Waals surface area contributed by atoms with Crippen molar-refractivity contribution in [3.8, 4) is 5.88 Å². The van der Waals surface area contributed by atoms with E-state index in [2.05, 4.69) is 4.98 Å². The maximum absolute atomic E-state index is 12.6. The van der Waals surface area contributed by atoms with Gasteiger partial charge in [0.1, 0.15) is 0 Å². The van der Waals surface area contributed by atoms with Crippen LogP contribution in [-0.2, 0) is 0 Å². The maximum Gasteiger partial charge on any atom is 0.230 e. The highest BCUT2D eigenvalue weighted by atomic mass is 35.5. The van der Waals surface area contributed by atoms with E-state index in [1.165, 1.54) is 19.2 Å². The van der Waals surface area contributed by atoms with Crippen LogP contribution in [0.3, 0.4) is 0 Å². The average molecular weight is 315 g/mol. The summed E-state index contributed by atoms with van der Waals surface area (Å²) in [6.07, 6.45) is 2.96. The van der Waals surface area contributed by atoms with Crippen molar-refractivity contribution in [1.82, 2.24) is 9.55 Å². The molecule has 0 amide bonds. The molecule has 22 heavy (non-hydrogen) atoms. The van der Waals surface area contributed by atoms with E-state index in [4.69, 9.17) is 11.6 Å². The number of carbonyl (C=O) groups is 2. The summed E-state index contributed by atoms with van der Waals surface area (Å²) in [5.74, 6) is -1.20. The van der Waals surface area contributed by atoms with E-state index in [1.807, 2.05) is 0 Å². The molecule has 0 atom stereocenters. The molecular weight excluding hydrogens is 304 g/mol. The SMILES string of the molecule is CC(=O)n1c(O)c(C(=O)c2cccnc2)c2ccc(Cl)cc21. The van der Waals surface area contributed by atoms with Crippen LogP contribution < -0.4 is 0 Å². The smallest absolute Gasteiger partial charge is 0.230 e. The van der Waals surface area contributed by atoms with Gasteiger partial charge in [-0.2, -0.15) is 0 Å². The Bertz CT molecular complexity index is 901. The molecule has 0 aliphatic carbocycles. The van der Waals surface area contributed by atoms with E-state index in [0.717, 1.165) is 4.57 Å². The standard InChI is InChI=1S/C16H11ClN2O3/c1-9(20)19-13-7-11(17)4-5-12(13)14(16(19)22)15(21)10-3-2-6-18-8-10/h2-8,22H,1H3. The Morgan fingerprint density at radius 2 is 2.05 bits per heavy atom. The minimum Gasteiger partial charge on any atom is -0.494 e. The summed E-state index contributed by atoms with van der Waals surface area (Å²) < 4.78 is 1.07. The molecule has 6 heteroatoms. The first-order valence-electron chi connectivity index (χ1n) is 6.49. The van der Waals surface area contributed by atoms with E-state index in [-0.39, 0.29) is 5.56 Å². The predicted molar refractivity (Wildman–Crippen MR) is 82.6 cm³/mol. The number of nitrogens with zero attached hydrogens (tertiary/aromatic N) is 2. The monoisotopic (exact) mass is 314 g/mol. The van der Waals surface area contributed by atoms with Gasteiger partial charge in [0.05, 0.1) is 11.1 Å². The summed E-state index contributed by atoms with van der Waals surface area (Å²) >= 11 is 5.95. The topological polar surface area (TPSA) is 72.2 Å². The molecule has 2 aromatic heterocycles. The van der Waals surface area contributed by atoms with Gasteiger partial charge in [-0.25, -0.2) is 4.57 Å². The number of aromatic nitrogens is 2. The molecule has 0 bridgehead atoms. The van der Waals surface area contributed by atoms with Crippen molar-refractivity contribution in [1.29, 1.82) is 0 Å². The van der Waals surface area contributed by atoms with Gasteiger partial charge in [-0.1, -0.05) is 17.7 Å². The van der Waals surface area contributed by atoms with Crippen LogP contribution in [0.15, 0.2) is 42.7 Å². The highest BCUT2D eigenvalue weighted by Crippen LogP contribution is 2.34. The zero-order chi connectivity index (χ0) is 15.9. The number of halogens is 1. The van der Waals surface area contributed by atoms with E-state index >= 15 is 0 Å². The van der Waals surface area contributed by atoms with Gasteiger partial charge in [0.15, 0.2) is 0 Å². The first kappa shape index (κ1) is 14.3. The van der Waals surface area contributed by atoms with Gasteiger partial charge in [0.2, 0.25) is 17.6 Å². The molecule has 0 fully saturated rings. The first-order chi connectivity index (χ1) is 10.5. The van der Waals surface area contributed by atoms with Crippen LogP contribution >= 0.6 is 11.6 Å². The normalized spacial score (nSPS) is 10.8. The average Bonchev–Trinajstić information content (AvgIpc) is 2.78. The molecule has 3 aromatic rings. The third-order valence-corrected chi connectivity index (χ3v) is 3.61. The summed E-state index contributed by atoms with van der Waals surface area (Å²) in [4.78, 5) is 28.3. The highest BCUT2D eigenvalue weighted by molar-refractivity contribution is 6.31. The molecule has 0 spiro atoms. The molecular formula is C16H11ClN2O3. The third-order valence-electron chi connectivity index (χ3n) is 3.37.